The van der Waals surface area contributed by atoms with Crippen molar-refractivity contribution < 1.29 is 57.2 Å². The lowest BCUT2D eigenvalue weighted by atomic mass is 9.84. The quantitative estimate of drug-likeness (QED) is 0.0537. The van der Waals surface area contributed by atoms with Gasteiger partial charge in [-0.3, -0.25) is 4.79 Å². The van der Waals surface area contributed by atoms with E-state index in [0.717, 1.165) is 49.6 Å². The van der Waals surface area contributed by atoms with Crippen molar-refractivity contribution in [3.05, 3.63) is 63.3 Å². The normalized spacial score (nSPS) is 10.8. The van der Waals surface area contributed by atoms with Gasteiger partial charge in [-0.1, -0.05) is 45.7 Å². The van der Waals surface area contributed by atoms with Gasteiger partial charge < -0.3 is 39.5 Å². The standard InChI is InChI=1S/C33H48N2O12/c1-6-26(36)15-16-32(21-43-27(37)7-2,22-44-28(38)8-3)19-42-20-33(23-45-29(39)9-4,24-46-30(40)10-5)25-47-31(41)35-18-14-12-11-13-17-34/h6-10H,1-5,11-25,34H2,(H,35,41). The molecule has 0 rings (SSSR count). The second-order valence-electron chi connectivity index (χ2n) is 10.6. The van der Waals surface area contributed by atoms with Crippen LogP contribution in [0.2, 0.25) is 0 Å². The molecule has 0 aliphatic rings. The highest BCUT2D eigenvalue weighted by molar-refractivity contribution is 5.89. The number of rotatable bonds is 28. The van der Waals surface area contributed by atoms with E-state index in [1.807, 2.05) is 0 Å². The third-order valence-corrected chi connectivity index (χ3v) is 6.60. The third-order valence-electron chi connectivity index (χ3n) is 6.60. The SMILES string of the molecule is C=CC(=O)CCC(COCC(COC(=O)C=C)(COC(=O)C=C)COC(=O)NCCCCCCN)(COC(=O)C=C)COC(=O)C=C. The molecule has 3 N–H and O–H groups in total. The Labute approximate surface area is 276 Å². The fourth-order valence-corrected chi connectivity index (χ4v) is 3.78. The largest absolute Gasteiger partial charge is 0.462 e. The molecule has 0 saturated heterocycles. The number of hydrogen-bond donors (Lipinski definition) is 2. The van der Waals surface area contributed by atoms with Crippen LogP contribution in [0.1, 0.15) is 38.5 Å². The average molecular weight is 665 g/mol. The second kappa shape index (κ2) is 24.6. The van der Waals surface area contributed by atoms with E-state index >= 15 is 0 Å². The van der Waals surface area contributed by atoms with Crippen molar-refractivity contribution in [3.63, 3.8) is 0 Å². The lowest BCUT2D eigenvalue weighted by molar-refractivity contribution is -0.160. The van der Waals surface area contributed by atoms with E-state index in [-0.39, 0.29) is 45.1 Å². The Bertz CT molecular complexity index is 1020. The molecule has 0 aromatic carbocycles. The van der Waals surface area contributed by atoms with E-state index in [4.69, 9.17) is 34.2 Å². The molecule has 0 heterocycles. The van der Waals surface area contributed by atoms with Crippen molar-refractivity contribution in [2.24, 2.45) is 16.6 Å². The fourth-order valence-electron chi connectivity index (χ4n) is 3.78. The van der Waals surface area contributed by atoms with Gasteiger partial charge in [0.15, 0.2) is 5.78 Å². The van der Waals surface area contributed by atoms with Crippen LogP contribution >= 0.6 is 0 Å². The number of unbranched alkanes of at least 4 members (excludes halogenated alkanes) is 3. The molecule has 14 nitrogen and oxygen atoms in total. The van der Waals surface area contributed by atoms with Gasteiger partial charge in [-0.15, -0.1) is 0 Å². The molecule has 0 spiro atoms. The van der Waals surface area contributed by atoms with Crippen molar-refractivity contribution in [3.8, 4) is 0 Å². The number of nitrogens with two attached hydrogens (primary N) is 1. The summed E-state index contributed by atoms with van der Waals surface area (Å²) in [7, 11) is 0. The highest BCUT2D eigenvalue weighted by Crippen LogP contribution is 2.29. The molecule has 1 amide bonds. The van der Waals surface area contributed by atoms with E-state index < -0.39 is 60.6 Å². The van der Waals surface area contributed by atoms with Crippen molar-refractivity contribution in [2.45, 2.75) is 38.5 Å². The number of allylic oxidation sites excluding steroid dienone is 1. The first kappa shape index (κ1) is 42.4. The summed E-state index contributed by atoms with van der Waals surface area (Å²) in [5.41, 5.74) is 2.75. The predicted octanol–water partition coefficient (Wildman–Crippen LogP) is 2.67. The maximum Gasteiger partial charge on any atom is 0.407 e. The van der Waals surface area contributed by atoms with Crippen LogP contribution < -0.4 is 11.1 Å². The van der Waals surface area contributed by atoms with Crippen LogP contribution in [0, 0.1) is 10.8 Å². The van der Waals surface area contributed by atoms with Gasteiger partial charge in [0.25, 0.3) is 0 Å². The van der Waals surface area contributed by atoms with Crippen molar-refractivity contribution in [1.82, 2.24) is 5.32 Å². The van der Waals surface area contributed by atoms with Crippen molar-refractivity contribution in [2.75, 3.05) is 59.3 Å². The minimum absolute atomic E-state index is 0.0147. The second-order valence-corrected chi connectivity index (χ2v) is 10.6. The lowest BCUT2D eigenvalue weighted by Gasteiger charge is -2.35. The topological polar surface area (TPSA) is 196 Å². The molecule has 0 aliphatic heterocycles. The van der Waals surface area contributed by atoms with Gasteiger partial charge in [0.1, 0.15) is 33.0 Å². The van der Waals surface area contributed by atoms with E-state index in [0.29, 0.717) is 19.5 Å². The molecule has 0 unspecified atom stereocenters. The fraction of sp³-hybridized carbons (Fsp3) is 0.515. The van der Waals surface area contributed by atoms with Crippen molar-refractivity contribution >= 4 is 35.8 Å². The number of alkyl carbamates (subject to hydrolysis) is 1. The van der Waals surface area contributed by atoms with Crippen LogP contribution in [0.25, 0.3) is 0 Å². The number of carbonyl (C=O) groups excluding carboxylic acids is 6. The monoisotopic (exact) mass is 664 g/mol. The van der Waals surface area contributed by atoms with Gasteiger partial charge in [-0.2, -0.15) is 0 Å². The third kappa shape index (κ3) is 19.5. The van der Waals surface area contributed by atoms with E-state index in [2.05, 4.69) is 38.2 Å². The summed E-state index contributed by atoms with van der Waals surface area (Å²) in [5, 5.41) is 2.63. The van der Waals surface area contributed by atoms with Crippen LogP contribution in [0.15, 0.2) is 63.3 Å². The van der Waals surface area contributed by atoms with Crippen LogP contribution in [0.5, 0.6) is 0 Å². The highest BCUT2D eigenvalue weighted by Gasteiger charge is 2.39. The maximum absolute atomic E-state index is 12.5. The zero-order chi connectivity index (χ0) is 35.6. The summed E-state index contributed by atoms with van der Waals surface area (Å²) in [4.78, 5) is 72.7. The molecule has 47 heavy (non-hydrogen) atoms. The molecular formula is C33H48N2O12. The summed E-state index contributed by atoms with van der Waals surface area (Å²) < 4.78 is 32.5. The number of ether oxygens (including phenoxy) is 6. The van der Waals surface area contributed by atoms with Crippen LogP contribution in [-0.2, 0) is 52.4 Å². The Morgan fingerprint density at radius 1 is 0.553 bits per heavy atom. The number of carbonyl (C=O) groups is 6. The van der Waals surface area contributed by atoms with E-state index in [1.165, 1.54) is 0 Å². The van der Waals surface area contributed by atoms with Gasteiger partial charge in [0.05, 0.1) is 24.0 Å². The van der Waals surface area contributed by atoms with Gasteiger partial charge in [-0.25, -0.2) is 24.0 Å². The van der Waals surface area contributed by atoms with Crippen molar-refractivity contribution in [1.29, 1.82) is 0 Å². The Balaban J connectivity index is 6.21. The molecule has 0 aromatic rings. The number of ketones is 1. The first-order valence-corrected chi connectivity index (χ1v) is 14.9. The molecule has 0 aromatic heterocycles. The maximum atomic E-state index is 12.5. The molecule has 0 saturated carbocycles. The summed E-state index contributed by atoms with van der Waals surface area (Å²) in [6.07, 6.45) is 7.34. The minimum Gasteiger partial charge on any atom is -0.462 e. The molecular weight excluding hydrogens is 616 g/mol. The number of esters is 4. The molecule has 0 bridgehead atoms. The molecule has 262 valence electrons. The number of hydrogen-bond acceptors (Lipinski definition) is 13. The summed E-state index contributed by atoms with van der Waals surface area (Å²) in [6.45, 7) is 15.1. The summed E-state index contributed by atoms with van der Waals surface area (Å²) >= 11 is 0. The van der Waals surface area contributed by atoms with Gasteiger partial charge in [0.2, 0.25) is 0 Å². The zero-order valence-electron chi connectivity index (χ0n) is 27.0. The summed E-state index contributed by atoms with van der Waals surface area (Å²) in [6, 6.07) is 0. The van der Waals surface area contributed by atoms with Gasteiger partial charge in [-0.05, 0) is 31.9 Å². The Hall–Kier alpha value is -4.56. The zero-order valence-corrected chi connectivity index (χ0v) is 27.0. The number of amides is 1. The first-order valence-electron chi connectivity index (χ1n) is 14.9. The predicted molar refractivity (Wildman–Crippen MR) is 172 cm³/mol. The Kier molecular flexibility index (Phi) is 22.3. The average Bonchev–Trinajstić information content (AvgIpc) is 3.09. The van der Waals surface area contributed by atoms with Crippen LogP contribution in [0.4, 0.5) is 4.79 Å². The molecule has 0 atom stereocenters. The van der Waals surface area contributed by atoms with E-state index in [9.17, 15) is 28.8 Å². The van der Waals surface area contributed by atoms with Crippen LogP contribution in [-0.4, -0.2) is 95.1 Å². The molecule has 0 radical (unpaired) electrons. The smallest absolute Gasteiger partial charge is 0.407 e. The Morgan fingerprint density at radius 3 is 1.43 bits per heavy atom. The molecule has 14 heteroatoms. The number of nitrogens with one attached hydrogen (secondary N) is 1. The molecule has 0 aliphatic carbocycles. The minimum atomic E-state index is -1.46. The summed E-state index contributed by atoms with van der Waals surface area (Å²) in [5.74, 6) is -3.51. The lowest BCUT2D eigenvalue weighted by Crippen LogP contribution is -2.46. The first-order chi connectivity index (χ1) is 22.4. The Morgan fingerprint density at radius 2 is 0.979 bits per heavy atom. The van der Waals surface area contributed by atoms with Gasteiger partial charge >= 0.3 is 30.0 Å². The van der Waals surface area contributed by atoms with Crippen LogP contribution in [0.3, 0.4) is 0 Å². The van der Waals surface area contributed by atoms with Gasteiger partial charge in [0, 0.05) is 37.3 Å². The highest BCUT2D eigenvalue weighted by atomic mass is 16.6. The molecule has 0 fully saturated rings. The van der Waals surface area contributed by atoms with E-state index in [1.54, 1.807) is 0 Å².